The molecule has 5 heteroatoms. The zero-order valence-electron chi connectivity index (χ0n) is 40.3. The fraction of sp³-hybridized carbons (Fsp3) is 0.194. The van der Waals surface area contributed by atoms with Gasteiger partial charge in [-0.2, -0.15) is 0 Å². The highest BCUT2D eigenvalue weighted by Gasteiger charge is 2.37. The van der Waals surface area contributed by atoms with Crippen molar-refractivity contribution in [3.8, 4) is 73.3 Å². The lowest BCUT2D eigenvalue weighted by atomic mass is 9.63. The summed E-state index contributed by atoms with van der Waals surface area (Å²) in [7, 11) is 0. The van der Waals surface area contributed by atoms with Gasteiger partial charge >= 0.3 is 0 Å². The van der Waals surface area contributed by atoms with Crippen LogP contribution in [0.4, 0.5) is 0 Å². The average Bonchev–Trinajstić information content (AvgIpc) is 3.86. The predicted octanol–water partition coefficient (Wildman–Crippen LogP) is 15.5. The summed E-state index contributed by atoms with van der Waals surface area (Å²) in [5.74, 6) is 2.23. The first-order valence-electron chi connectivity index (χ1n) is 24.1. The van der Waals surface area contributed by atoms with Crippen LogP contribution in [0.3, 0.4) is 0 Å². The minimum absolute atomic E-state index is 0.0292. The number of hydrogen-bond donors (Lipinski definition) is 0. The maximum absolute atomic E-state index is 10.1. The Labute approximate surface area is 395 Å². The van der Waals surface area contributed by atoms with Gasteiger partial charge < -0.3 is 4.74 Å². The second kappa shape index (κ2) is 15.0. The molecular weight excluding hydrogens is 817 g/mol. The molecule has 67 heavy (non-hydrogen) atoms. The Balaban J connectivity index is 1.01. The molecule has 0 unspecified atom stereocenters. The SMILES string of the molecule is [2H]c1c2[n+]([c-]n1-c1cccc(Oc3ccc4c5ccccc5n(-c5cc(C(C)(C)C)ccn5)c4c3)c1)-c1c(-c3ccc4c(c3)C(C)(C)CCC4(C)C)cccc1-c1ccccc1-c1ccccc1-2. The molecule has 0 bridgehead atoms. The van der Waals surface area contributed by atoms with E-state index >= 15 is 0 Å². The Kier molecular flexibility index (Phi) is 8.93. The number of para-hydroxylation sites is 2. The highest BCUT2D eigenvalue weighted by molar-refractivity contribution is 6.09. The summed E-state index contributed by atoms with van der Waals surface area (Å²) < 4.78 is 23.2. The highest BCUT2D eigenvalue weighted by Crippen LogP contribution is 2.49. The summed E-state index contributed by atoms with van der Waals surface area (Å²) >= 11 is 0. The van der Waals surface area contributed by atoms with Crippen LogP contribution in [0, 0.1) is 6.33 Å². The van der Waals surface area contributed by atoms with Crippen LogP contribution in [-0.4, -0.2) is 14.1 Å². The van der Waals surface area contributed by atoms with Crippen molar-refractivity contribution in [3.05, 3.63) is 199 Å². The first kappa shape index (κ1) is 39.8. The van der Waals surface area contributed by atoms with Crippen LogP contribution < -0.4 is 9.30 Å². The van der Waals surface area contributed by atoms with Crippen LogP contribution in [0.1, 0.15) is 79.4 Å². The van der Waals surface area contributed by atoms with Gasteiger partial charge in [0.2, 0.25) is 0 Å². The Bertz CT molecular complexity index is 3670. The van der Waals surface area contributed by atoms with Crippen LogP contribution >= 0.6 is 0 Å². The summed E-state index contributed by atoms with van der Waals surface area (Å²) in [6.07, 6.45) is 8.31. The zero-order valence-corrected chi connectivity index (χ0v) is 39.3. The number of pyridine rings is 1. The molecule has 0 spiro atoms. The lowest BCUT2D eigenvalue weighted by Crippen LogP contribution is -2.34. The van der Waals surface area contributed by atoms with E-state index in [0.29, 0.717) is 17.7 Å². The molecule has 4 heterocycles. The van der Waals surface area contributed by atoms with Gasteiger partial charge in [0, 0.05) is 29.2 Å². The quantitative estimate of drug-likeness (QED) is 0.128. The molecule has 10 aromatic rings. The summed E-state index contributed by atoms with van der Waals surface area (Å²) in [6, 6.07) is 58.1. The minimum Gasteiger partial charge on any atom is -0.458 e. The van der Waals surface area contributed by atoms with Crippen LogP contribution in [0.25, 0.3) is 83.6 Å². The molecule has 0 atom stereocenters. The van der Waals surface area contributed by atoms with Crippen molar-refractivity contribution in [2.75, 3.05) is 0 Å². The molecule has 328 valence electrons. The van der Waals surface area contributed by atoms with Crippen molar-refractivity contribution >= 4 is 21.8 Å². The number of nitrogens with zero attached hydrogens (tertiary/aromatic N) is 4. The monoisotopic (exact) mass is 871 g/mol. The van der Waals surface area contributed by atoms with Crippen LogP contribution in [-0.2, 0) is 16.2 Å². The van der Waals surface area contributed by atoms with Crippen LogP contribution in [0.15, 0.2) is 176 Å². The maximum atomic E-state index is 10.1. The van der Waals surface area contributed by atoms with Gasteiger partial charge in [0.1, 0.15) is 17.3 Å². The molecule has 0 radical (unpaired) electrons. The van der Waals surface area contributed by atoms with Crippen molar-refractivity contribution in [2.45, 2.75) is 77.6 Å². The van der Waals surface area contributed by atoms with Gasteiger partial charge in [0.25, 0.3) is 6.33 Å². The maximum Gasteiger partial charge on any atom is 0.269 e. The van der Waals surface area contributed by atoms with Gasteiger partial charge in [-0.15, -0.1) is 0 Å². The van der Waals surface area contributed by atoms with Crippen LogP contribution in [0.2, 0.25) is 0 Å². The summed E-state index contributed by atoms with van der Waals surface area (Å²) in [6.45, 7) is 16.2. The van der Waals surface area contributed by atoms with E-state index < -0.39 is 0 Å². The van der Waals surface area contributed by atoms with E-state index in [-0.39, 0.29) is 16.2 Å². The fourth-order valence-corrected chi connectivity index (χ4v) is 10.8. The first-order valence-corrected chi connectivity index (χ1v) is 23.6. The number of rotatable bonds is 5. The van der Waals surface area contributed by atoms with Crippen molar-refractivity contribution in [1.82, 2.24) is 14.1 Å². The Morgan fingerprint density at radius 1 is 0.597 bits per heavy atom. The lowest BCUT2D eigenvalue weighted by molar-refractivity contribution is -0.586. The van der Waals surface area contributed by atoms with E-state index in [1.807, 2.05) is 41.1 Å². The normalized spacial score (nSPS) is 14.8. The molecule has 0 saturated carbocycles. The number of imidazole rings is 1. The van der Waals surface area contributed by atoms with E-state index in [1.165, 1.54) is 16.7 Å². The molecule has 7 aromatic carbocycles. The number of hydrogen-bond acceptors (Lipinski definition) is 2. The number of ether oxygens (including phenoxy) is 1. The Morgan fingerprint density at radius 2 is 1.24 bits per heavy atom. The summed E-state index contributed by atoms with van der Waals surface area (Å²) in [5.41, 5.74) is 16.5. The molecule has 0 amide bonds. The molecule has 1 aliphatic carbocycles. The smallest absolute Gasteiger partial charge is 0.269 e. The lowest BCUT2D eigenvalue weighted by Gasteiger charge is -2.42. The molecule has 0 fully saturated rings. The van der Waals surface area contributed by atoms with Gasteiger partial charge in [0.05, 0.1) is 29.5 Å². The van der Waals surface area contributed by atoms with Crippen LogP contribution in [0.5, 0.6) is 11.5 Å². The van der Waals surface area contributed by atoms with E-state index in [0.717, 1.165) is 96.5 Å². The number of fused-ring (bicyclic) bond motifs is 12. The third kappa shape index (κ3) is 6.74. The van der Waals surface area contributed by atoms with Crippen molar-refractivity contribution in [1.29, 1.82) is 0 Å². The highest BCUT2D eigenvalue weighted by atomic mass is 16.5. The molecule has 0 N–H and O–H groups in total. The molecule has 2 aliphatic rings. The van der Waals surface area contributed by atoms with Crippen molar-refractivity contribution in [3.63, 3.8) is 0 Å². The van der Waals surface area contributed by atoms with Gasteiger partial charge in [-0.05, 0) is 133 Å². The number of aromatic nitrogens is 4. The molecule has 3 aromatic heterocycles. The predicted molar refractivity (Wildman–Crippen MR) is 274 cm³/mol. The van der Waals surface area contributed by atoms with E-state index in [2.05, 4.69) is 197 Å². The summed E-state index contributed by atoms with van der Waals surface area (Å²) in [5, 5.41) is 2.29. The Morgan fingerprint density at radius 3 is 2.03 bits per heavy atom. The summed E-state index contributed by atoms with van der Waals surface area (Å²) in [4.78, 5) is 4.89. The third-order valence-electron chi connectivity index (χ3n) is 14.6. The second-order valence-electron chi connectivity index (χ2n) is 20.8. The van der Waals surface area contributed by atoms with E-state index in [1.54, 1.807) is 0 Å². The molecule has 1 aliphatic heterocycles. The topological polar surface area (TPSA) is 35.9 Å². The van der Waals surface area contributed by atoms with Gasteiger partial charge in [0.15, 0.2) is 0 Å². The molecule has 12 rings (SSSR count). The largest absolute Gasteiger partial charge is 0.458 e. The molecule has 5 nitrogen and oxygen atoms in total. The van der Waals surface area contributed by atoms with E-state index in [4.69, 9.17) is 9.72 Å². The van der Waals surface area contributed by atoms with Gasteiger partial charge in [-0.25, -0.2) is 4.98 Å². The molecular formula is C62H54N4O. The van der Waals surface area contributed by atoms with Gasteiger partial charge in [-0.1, -0.05) is 158 Å². The zero-order chi connectivity index (χ0) is 46.7. The average molecular weight is 872 g/mol. The van der Waals surface area contributed by atoms with Gasteiger partial charge in [-0.3, -0.25) is 13.7 Å². The van der Waals surface area contributed by atoms with Crippen molar-refractivity contribution < 1.29 is 10.7 Å². The Hall–Kier alpha value is -7.50. The van der Waals surface area contributed by atoms with E-state index in [9.17, 15) is 1.37 Å². The second-order valence-corrected chi connectivity index (χ2v) is 20.8. The third-order valence-corrected chi connectivity index (χ3v) is 14.6. The number of benzene rings is 7. The molecule has 0 saturated heterocycles. The minimum atomic E-state index is -0.0292. The van der Waals surface area contributed by atoms with Crippen molar-refractivity contribution in [2.24, 2.45) is 0 Å². The fourth-order valence-electron chi connectivity index (χ4n) is 10.8. The standard InChI is InChI=1S/C62H54N4O/c1-60(2,3)41-30-33-63-58(35-41)66-55-25-13-12-22-50(55)51-28-27-44(37-56(51)66)67-43-17-14-16-42(36-43)64-38-57-49-21-11-10-19-47(49)46-18-8-9-20-48(46)52-24-15-23-45(59(52)65(57)39-64)40-26-29-53-54(34-40)62(6,7)32-31-61(53,4)5/h8-30,33-38H,31-32H2,1-7H3/i38D. The first-order chi connectivity index (χ1) is 32.7.